The van der Waals surface area contributed by atoms with E-state index < -0.39 is 5.79 Å². The second kappa shape index (κ2) is 2.81. The number of hydrogen-bond acceptors (Lipinski definition) is 3. The molecule has 0 aliphatic carbocycles. The highest BCUT2D eigenvalue weighted by molar-refractivity contribution is 4.77. The zero-order valence-corrected chi connectivity index (χ0v) is 4.67. The molecule has 0 rings (SSSR count). The first-order chi connectivity index (χ1) is 3.62. The van der Waals surface area contributed by atoms with Crippen LogP contribution in [0.3, 0.4) is 0 Å². The minimum atomic E-state index is -1.75. The molecule has 0 bridgehead atoms. The van der Waals surface area contributed by atoms with Gasteiger partial charge >= 0.3 is 0 Å². The van der Waals surface area contributed by atoms with Crippen molar-refractivity contribution in [3.05, 3.63) is 12.7 Å². The zero-order chi connectivity index (χ0) is 6.62. The Bertz CT molecular complexity index is 80.5. The molecule has 8 heavy (non-hydrogen) atoms. The van der Waals surface area contributed by atoms with E-state index in [0.717, 1.165) is 0 Å². The molecule has 0 aromatic heterocycles. The van der Waals surface area contributed by atoms with Crippen LogP contribution in [0, 0.1) is 0 Å². The van der Waals surface area contributed by atoms with E-state index >= 15 is 0 Å². The summed E-state index contributed by atoms with van der Waals surface area (Å²) in [5, 5.41) is 17.4. The van der Waals surface area contributed by atoms with Crippen LogP contribution in [0.25, 0.3) is 0 Å². The molecule has 0 spiro atoms. The van der Waals surface area contributed by atoms with Gasteiger partial charge in [-0.05, 0) is 0 Å². The van der Waals surface area contributed by atoms with Crippen molar-refractivity contribution in [2.75, 3.05) is 6.54 Å². The van der Waals surface area contributed by atoms with Crippen LogP contribution in [0.2, 0.25) is 0 Å². The molecule has 0 atom stereocenters. The summed E-state index contributed by atoms with van der Waals surface area (Å²) in [6.45, 7) is 3.16. The summed E-state index contributed by atoms with van der Waals surface area (Å²) < 4.78 is 0. The van der Waals surface area contributed by atoms with Gasteiger partial charge in [0.2, 0.25) is 0 Å². The Labute approximate surface area is 48.4 Å². The lowest BCUT2D eigenvalue weighted by Gasteiger charge is -2.15. The first-order valence-corrected chi connectivity index (χ1v) is 2.38. The minimum Gasteiger partial charge on any atom is -0.364 e. The van der Waals surface area contributed by atoms with Crippen molar-refractivity contribution in [2.45, 2.75) is 12.2 Å². The Hall–Kier alpha value is -0.380. The minimum absolute atomic E-state index is 0.115. The third kappa shape index (κ3) is 2.74. The van der Waals surface area contributed by atoms with Crippen LogP contribution in [-0.2, 0) is 0 Å². The van der Waals surface area contributed by atoms with Crippen LogP contribution >= 0.6 is 0 Å². The van der Waals surface area contributed by atoms with Crippen LogP contribution in [0.1, 0.15) is 6.42 Å². The maximum absolute atomic E-state index is 8.68. The lowest BCUT2D eigenvalue weighted by molar-refractivity contribution is -0.148. The van der Waals surface area contributed by atoms with Crippen molar-refractivity contribution >= 4 is 0 Å². The molecule has 3 heteroatoms. The summed E-state index contributed by atoms with van der Waals surface area (Å²) in [4.78, 5) is 0. The molecule has 48 valence electrons. The quantitative estimate of drug-likeness (QED) is 0.335. The average molecular weight is 117 g/mol. The van der Waals surface area contributed by atoms with E-state index in [2.05, 4.69) is 6.58 Å². The molecule has 0 heterocycles. The van der Waals surface area contributed by atoms with Gasteiger partial charge in [0.05, 0.1) is 0 Å². The maximum Gasteiger partial charge on any atom is 0.178 e. The monoisotopic (exact) mass is 117 g/mol. The number of nitrogens with two attached hydrogens (primary N) is 1. The fourth-order valence-corrected chi connectivity index (χ4v) is 0.314. The normalized spacial score (nSPS) is 11.4. The molecule has 0 saturated carbocycles. The molecule has 0 aromatic carbocycles. The summed E-state index contributed by atoms with van der Waals surface area (Å²) in [6.07, 6.45) is 1.52. The molecular formula is C5H11NO2. The van der Waals surface area contributed by atoms with E-state index in [1.807, 2.05) is 0 Å². The van der Waals surface area contributed by atoms with Crippen molar-refractivity contribution in [1.29, 1.82) is 0 Å². The van der Waals surface area contributed by atoms with Gasteiger partial charge in [-0.1, -0.05) is 6.08 Å². The van der Waals surface area contributed by atoms with E-state index in [-0.39, 0.29) is 13.0 Å². The molecule has 0 aliphatic heterocycles. The predicted molar refractivity (Wildman–Crippen MR) is 31.0 cm³/mol. The lowest BCUT2D eigenvalue weighted by atomic mass is 10.2. The summed E-state index contributed by atoms with van der Waals surface area (Å²) in [6, 6.07) is 0. The highest BCUT2D eigenvalue weighted by Gasteiger charge is 2.16. The molecule has 0 aromatic rings. The highest BCUT2D eigenvalue weighted by atomic mass is 16.5. The summed E-state index contributed by atoms with van der Waals surface area (Å²) in [5.74, 6) is -1.75. The van der Waals surface area contributed by atoms with Gasteiger partial charge in [0.25, 0.3) is 0 Å². The first kappa shape index (κ1) is 7.62. The third-order valence-electron chi connectivity index (χ3n) is 0.798. The molecule has 0 radical (unpaired) electrons. The fourth-order valence-electron chi connectivity index (χ4n) is 0.314. The molecule has 0 unspecified atom stereocenters. The number of rotatable bonds is 3. The molecular weight excluding hydrogens is 106 g/mol. The largest absolute Gasteiger partial charge is 0.364 e. The second-order valence-corrected chi connectivity index (χ2v) is 1.68. The summed E-state index contributed by atoms with van der Waals surface area (Å²) >= 11 is 0. The van der Waals surface area contributed by atoms with Crippen LogP contribution < -0.4 is 5.73 Å². The van der Waals surface area contributed by atoms with Gasteiger partial charge in [-0.15, -0.1) is 6.58 Å². The van der Waals surface area contributed by atoms with Gasteiger partial charge < -0.3 is 15.9 Å². The van der Waals surface area contributed by atoms with E-state index in [9.17, 15) is 0 Å². The van der Waals surface area contributed by atoms with Crippen molar-refractivity contribution in [3.63, 3.8) is 0 Å². The van der Waals surface area contributed by atoms with Gasteiger partial charge in [-0.25, -0.2) is 0 Å². The Morgan fingerprint density at radius 3 is 2.25 bits per heavy atom. The van der Waals surface area contributed by atoms with E-state index in [0.29, 0.717) is 0 Å². The standard InChI is InChI=1S/C5H11NO2/c1-2-3-5(7,8)4-6/h2,7-8H,1,3-4,6H2. The summed E-state index contributed by atoms with van der Waals surface area (Å²) in [7, 11) is 0. The van der Waals surface area contributed by atoms with E-state index in [1.54, 1.807) is 0 Å². The van der Waals surface area contributed by atoms with Crippen molar-refractivity contribution < 1.29 is 10.2 Å². The molecule has 0 aliphatic rings. The maximum atomic E-state index is 8.68. The summed E-state index contributed by atoms with van der Waals surface area (Å²) in [5.41, 5.74) is 4.94. The lowest BCUT2D eigenvalue weighted by Crippen LogP contribution is -2.36. The van der Waals surface area contributed by atoms with Crippen LogP contribution in [0.5, 0.6) is 0 Å². The van der Waals surface area contributed by atoms with Gasteiger partial charge in [0.15, 0.2) is 5.79 Å². The van der Waals surface area contributed by atoms with E-state index in [4.69, 9.17) is 15.9 Å². The number of hydrogen-bond donors (Lipinski definition) is 3. The van der Waals surface area contributed by atoms with Gasteiger partial charge in [0.1, 0.15) is 0 Å². The number of aliphatic hydroxyl groups is 2. The second-order valence-electron chi connectivity index (χ2n) is 1.68. The smallest absolute Gasteiger partial charge is 0.178 e. The first-order valence-electron chi connectivity index (χ1n) is 2.38. The van der Waals surface area contributed by atoms with Gasteiger partial charge in [0, 0.05) is 13.0 Å². The zero-order valence-electron chi connectivity index (χ0n) is 4.67. The van der Waals surface area contributed by atoms with Crippen molar-refractivity contribution in [2.24, 2.45) is 5.73 Å². The van der Waals surface area contributed by atoms with Crippen molar-refractivity contribution in [1.82, 2.24) is 0 Å². The molecule has 0 amide bonds. The van der Waals surface area contributed by atoms with Crippen molar-refractivity contribution in [3.8, 4) is 0 Å². The molecule has 0 saturated heterocycles. The Morgan fingerprint density at radius 2 is 2.12 bits per heavy atom. The topological polar surface area (TPSA) is 66.5 Å². The van der Waals surface area contributed by atoms with Crippen LogP contribution in [0.15, 0.2) is 12.7 Å². The van der Waals surface area contributed by atoms with Crippen LogP contribution in [0.4, 0.5) is 0 Å². The SMILES string of the molecule is C=CCC(O)(O)CN. The Morgan fingerprint density at radius 1 is 1.62 bits per heavy atom. The Balaban J connectivity index is 3.53. The van der Waals surface area contributed by atoms with Gasteiger partial charge in [-0.2, -0.15) is 0 Å². The highest BCUT2D eigenvalue weighted by Crippen LogP contribution is 2.01. The molecule has 3 nitrogen and oxygen atoms in total. The molecule has 0 fully saturated rings. The van der Waals surface area contributed by atoms with Crippen LogP contribution in [-0.4, -0.2) is 22.5 Å². The predicted octanol–water partition coefficient (Wildman–Crippen LogP) is -0.798. The fraction of sp³-hybridized carbons (Fsp3) is 0.600. The third-order valence-corrected chi connectivity index (χ3v) is 0.798. The van der Waals surface area contributed by atoms with E-state index in [1.165, 1.54) is 6.08 Å². The van der Waals surface area contributed by atoms with Gasteiger partial charge in [-0.3, -0.25) is 0 Å². The molecule has 4 N–H and O–H groups in total. The average Bonchev–Trinajstić information content (AvgIpc) is 1.67. The Kier molecular flexibility index (Phi) is 2.68.